The molecule has 0 saturated carbocycles. The minimum Gasteiger partial charge on any atom is -0.352 e. The first-order chi connectivity index (χ1) is 8.20. The zero-order valence-electron chi connectivity index (χ0n) is 9.24. The number of halogens is 1. The molecule has 0 fully saturated rings. The van der Waals surface area contributed by atoms with Gasteiger partial charge in [-0.15, -0.1) is 0 Å². The van der Waals surface area contributed by atoms with Crippen LogP contribution in [0.3, 0.4) is 0 Å². The van der Waals surface area contributed by atoms with Gasteiger partial charge in [-0.1, -0.05) is 6.07 Å². The fraction of sp³-hybridized carbons (Fsp3) is 0.0769. The van der Waals surface area contributed by atoms with E-state index < -0.39 is 0 Å². The van der Waals surface area contributed by atoms with Crippen molar-refractivity contribution in [1.29, 1.82) is 5.26 Å². The van der Waals surface area contributed by atoms with Gasteiger partial charge in [0, 0.05) is 10.7 Å². The highest BCUT2D eigenvalue weighted by molar-refractivity contribution is 9.10. The number of rotatable bonds is 2. The fourth-order valence-corrected chi connectivity index (χ4v) is 1.82. The molecule has 2 aromatic rings. The molecular formula is C13H10BrN3. The molecule has 4 heteroatoms. The van der Waals surface area contributed by atoms with E-state index in [0.29, 0.717) is 11.3 Å². The monoisotopic (exact) mass is 287 g/mol. The molecule has 0 amide bonds. The van der Waals surface area contributed by atoms with E-state index in [1.54, 1.807) is 18.5 Å². The molecule has 1 N–H and O–H groups in total. The first kappa shape index (κ1) is 11.6. The number of pyridine rings is 1. The van der Waals surface area contributed by atoms with Gasteiger partial charge in [-0.25, -0.2) is 0 Å². The molecule has 1 aromatic heterocycles. The van der Waals surface area contributed by atoms with Gasteiger partial charge in [0.05, 0.1) is 23.1 Å². The number of nitrogens with one attached hydrogen (secondary N) is 1. The van der Waals surface area contributed by atoms with E-state index in [-0.39, 0.29) is 0 Å². The molecule has 0 atom stereocenters. The average Bonchev–Trinajstić information content (AvgIpc) is 2.34. The van der Waals surface area contributed by atoms with E-state index in [2.05, 4.69) is 32.3 Å². The van der Waals surface area contributed by atoms with Crippen LogP contribution in [0.2, 0.25) is 0 Å². The Morgan fingerprint density at radius 2 is 2.12 bits per heavy atom. The number of anilines is 2. The maximum atomic E-state index is 8.99. The van der Waals surface area contributed by atoms with Crippen LogP contribution in [0.25, 0.3) is 0 Å². The normalized spacial score (nSPS) is 9.71. The van der Waals surface area contributed by atoms with Crippen molar-refractivity contribution in [3.8, 4) is 6.07 Å². The van der Waals surface area contributed by atoms with Crippen molar-refractivity contribution in [3.05, 3.63) is 52.3 Å². The lowest BCUT2D eigenvalue weighted by molar-refractivity contribution is 1.30. The fourth-order valence-electron chi connectivity index (χ4n) is 1.47. The predicted molar refractivity (Wildman–Crippen MR) is 71.1 cm³/mol. The summed E-state index contributed by atoms with van der Waals surface area (Å²) in [5, 5.41) is 12.2. The summed E-state index contributed by atoms with van der Waals surface area (Å²) in [6.45, 7) is 2.02. The molecular weight excluding hydrogens is 278 g/mol. The van der Waals surface area contributed by atoms with Gasteiger partial charge in [0.1, 0.15) is 6.07 Å². The summed E-state index contributed by atoms with van der Waals surface area (Å²) in [6, 6.07) is 9.82. The van der Waals surface area contributed by atoms with E-state index in [9.17, 15) is 0 Å². The topological polar surface area (TPSA) is 48.7 Å². The Balaban J connectivity index is 2.38. The van der Waals surface area contributed by atoms with Crippen LogP contribution >= 0.6 is 15.9 Å². The van der Waals surface area contributed by atoms with Gasteiger partial charge in [-0.3, -0.25) is 4.98 Å². The standard InChI is InChI=1S/C13H10BrN3/c1-9-2-3-11(14)12(6-9)17-13-8-16-5-4-10(13)7-15/h2-6,8,17H,1H3. The molecule has 0 bridgehead atoms. The Labute approximate surface area is 108 Å². The molecule has 0 aliphatic heterocycles. The van der Waals surface area contributed by atoms with E-state index in [4.69, 9.17) is 5.26 Å². The number of aryl methyl sites for hydroxylation is 1. The summed E-state index contributed by atoms with van der Waals surface area (Å²) in [4.78, 5) is 4.01. The molecule has 0 aliphatic rings. The Bertz CT molecular complexity index is 587. The maximum Gasteiger partial charge on any atom is 0.101 e. The van der Waals surface area contributed by atoms with E-state index >= 15 is 0 Å². The van der Waals surface area contributed by atoms with Crippen molar-refractivity contribution in [2.24, 2.45) is 0 Å². The van der Waals surface area contributed by atoms with E-state index in [0.717, 1.165) is 15.7 Å². The molecule has 0 radical (unpaired) electrons. The third-order valence-electron chi connectivity index (χ3n) is 2.33. The Morgan fingerprint density at radius 1 is 1.29 bits per heavy atom. The SMILES string of the molecule is Cc1ccc(Br)c(Nc2cnccc2C#N)c1. The van der Waals surface area contributed by atoms with E-state index in [1.807, 2.05) is 25.1 Å². The summed E-state index contributed by atoms with van der Waals surface area (Å²) in [7, 11) is 0. The second-order valence-corrected chi connectivity index (χ2v) is 4.50. The van der Waals surface area contributed by atoms with Crippen molar-refractivity contribution >= 4 is 27.3 Å². The van der Waals surface area contributed by atoms with Crippen LogP contribution in [0, 0.1) is 18.3 Å². The molecule has 0 saturated heterocycles. The molecule has 1 aromatic carbocycles. The lowest BCUT2D eigenvalue weighted by Crippen LogP contribution is -1.95. The van der Waals surface area contributed by atoms with Crippen LogP contribution in [-0.4, -0.2) is 4.98 Å². The molecule has 17 heavy (non-hydrogen) atoms. The second-order valence-electron chi connectivity index (χ2n) is 3.64. The van der Waals surface area contributed by atoms with Gasteiger partial charge in [0.15, 0.2) is 0 Å². The summed E-state index contributed by atoms with van der Waals surface area (Å²) in [5.74, 6) is 0. The van der Waals surface area contributed by atoms with Crippen molar-refractivity contribution < 1.29 is 0 Å². The highest BCUT2D eigenvalue weighted by Gasteiger charge is 2.04. The molecule has 84 valence electrons. The van der Waals surface area contributed by atoms with E-state index in [1.165, 1.54) is 0 Å². The number of hydrogen-bond acceptors (Lipinski definition) is 3. The van der Waals surface area contributed by atoms with Gasteiger partial charge >= 0.3 is 0 Å². The summed E-state index contributed by atoms with van der Waals surface area (Å²) in [6.07, 6.45) is 3.25. The van der Waals surface area contributed by atoms with Crippen molar-refractivity contribution in [3.63, 3.8) is 0 Å². The molecule has 0 spiro atoms. The number of benzene rings is 1. The minimum absolute atomic E-state index is 0.577. The maximum absolute atomic E-state index is 8.99. The average molecular weight is 288 g/mol. The van der Waals surface area contributed by atoms with Crippen molar-refractivity contribution in [2.45, 2.75) is 6.92 Å². The van der Waals surface area contributed by atoms with Crippen LogP contribution in [-0.2, 0) is 0 Å². The first-order valence-electron chi connectivity index (χ1n) is 5.08. The van der Waals surface area contributed by atoms with Gasteiger partial charge < -0.3 is 5.32 Å². The second kappa shape index (κ2) is 4.98. The van der Waals surface area contributed by atoms with Gasteiger partial charge in [0.2, 0.25) is 0 Å². The zero-order valence-corrected chi connectivity index (χ0v) is 10.8. The van der Waals surface area contributed by atoms with Crippen LogP contribution in [0.1, 0.15) is 11.1 Å². The van der Waals surface area contributed by atoms with Gasteiger partial charge in [0.25, 0.3) is 0 Å². The zero-order chi connectivity index (χ0) is 12.3. The number of nitrogens with zero attached hydrogens (tertiary/aromatic N) is 2. The molecule has 1 heterocycles. The smallest absolute Gasteiger partial charge is 0.101 e. The lowest BCUT2D eigenvalue weighted by atomic mass is 10.2. The highest BCUT2D eigenvalue weighted by Crippen LogP contribution is 2.27. The van der Waals surface area contributed by atoms with Crippen LogP contribution < -0.4 is 5.32 Å². The molecule has 0 unspecified atom stereocenters. The third-order valence-corrected chi connectivity index (χ3v) is 3.02. The Morgan fingerprint density at radius 3 is 2.88 bits per heavy atom. The van der Waals surface area contributed by atoms with Gasteiger partial charge in [-0.05, 0) is 46.6 Å². The number of aromatic nitrogens is 1. The quantitative estimate of drug-likeness (QED) is 0.915. The van der Waals surface area contributed by atoms with Crippen molar-refractivity contribution in [2.75, 3.05) is 5.32 Å². The van der Waals surface area contributed by atoms with Crippen LogP contribution in [0.4, 0.5) is 11.4 Å². The predicted octanol–water partition coefficient (Wildman–Crippen LogP) is 3.77. The Kier molecular flexibility index (Phi) is 3.40. The minimum atomic E-state index is 0.577. The van der Waals surface area contributed by atoms with Crippen LogP contribution in [0.5, 0.6) is 0 Å². The number of nitriles is 1. The summed E-state index contributed by atoms with van der Waals surface area (Å²) < 4.78 is 0.954. The van der Waals surface area contributed by atoms with Crippen molar-refractivity contribution in [1.82, 2.24) is 4.98 Å². The van der Waals surface area contributed by atoms with Crippen LogP contribution in [0.15, 0.2) is 41.1 Å². The third kappa shape index (κ3) is 2.63. The summed E-state index contributed by atoms with van der Waals surface area (Å²) in [5.41, 5.74) is 3.36. The molecule has 2 rings (SSSR count). The molecule has 0 aliphatic carbocycles. The summed E-state index contributed by atoms with van der Waals surface area (Å²) >= 11 is 3.47. The largest absolute Gasteiger partial charge is 0.352 e. The first-order valence-corrected chi connectivity index (χ1v) is 5.87. The lowest BCUT2D eigenvalue weighted by Gasteiger charge is -2.10. The Hall–Kier alpha value is -1.86. The molecule has 3 nitrogen and oxygen atoms in total. The number of hydrogen-bond donors (Lipinski definition) is 1. The highest BCUT2D eigenvalue weighted by atomic mass is 79.9. The van der Waals surface area contributed by atoms with Gasteiger partial charge in [-0.2, -0.15) is 5.26 Å².